The third-order valence-electron chi connectivity index (χ3n) is 7.63. The molecule has 0 heterocycles. The van der Waals surface area contributed by atoms with Crippen molar-refractivity contribution in [3.8, 4) is 0 Å². The highest BCUT2D eigenvalue weighted by Crippen LogP contribution is 2.57. The van der Waals surface area contributed by atoms with E-state index in [0.29, 0.717) is 19.3 Å². The van der Waals surface area contributed by atoms with Gasteiger partial charge < -0.3 is 9.84 Å². The molecule has 0 saturated heterocycles. The van der Waals surface area contributed by atoms with Gasteiger partial charge in [-0.2, -0.15) is 26.3 Å². The van der Waals surface area contributed by atoms with Crippen LogP contribution in [0.4, 0.5) is 26.3 Å². The van der Waals surface area contributed by atoms with Crippen molar-refractivity contribution in [2.75, 3.05) is 0 Å². The molecule has 0 radical (unpaired) electrons. The van der Waals surface area contributed by atoms with Crippen molar-refractivity contribution in [3.05, 3.63) is 0 Å². The van der Waals surface area contributed by atoms with E-state index in [1.807, 2.05) is 41.5 Å². The highest BCUT2D eigenvalue weighted by Gasteiger charge is 2.71. The van der Waals surface area contributed by atoms with Crippen LogP contribution in [-0.2, 0) is 9.53 Å². The molecule has 2 saturated carbocycles. The van der Waals surface area contributed by atoms with Gasteiger partial charge in [0.15, 0.2) is 0 Å². The van der Waals surface area contributed by atoms with Crippen LogP contribution < -0.4 is 0 Å². The predicted molar refractivity (Wildman–Crippen MR) is 108 cm³/mol. The Morgan fingerprint density at radius 1 is 0.875 bits per heavy atom. The minimum atomic E-state index is -5.84. The predicted octanol–water partition coefficient (Wildman–Crippen LogP) is 6.68. The van der Waals surface area contributed by atoms with Gasteiger partial charge in [-0.3, -0.25) is 4.79 Å². The second kappa shape index (κ2) is 8.05. The van der Waals surface area contributed by atoms with Gasteiger partial charge >= 0.3 is 18.3 Å². The summed E-state index contributed by atoms with van der Waals surface area (Å²) in [7, 11) is 0. The van der Waals surface area contributed by atoms with Gasteiger partial charge in [-0.05, 0) is 67.6 Å². The largest absolute Gasteiger partial charge is 0.462 e. The zero-order valence-corrected chi connectivity index (χ0v) is 19.9. The molecule has 2 aliphatic carbocycles. The average Bonchev–Trinajstić information content (AvgIpc) is 3.09. The van der Waals surface area contributed by atoms with Gasteiger partial charge in [-0.1, -0.05) is 41.5 Å². The summed E-state index contributed by atoms with van der Waals surface area (Å²) in [5, 5.41) is 9.65. The van der Waals surface area contributed by atoms with Crippen molar-refractivity contribution >= 4 is 5.97 Å². The summed E-state index contributed by atoms with van der Waals surface area (Å²) in [6.07, 6.45) is -12.4. The number of hydrogen-bond acceptors (Lipinski definition) is 3. The molecule has 0 aromatic carbocycles. The summed E-state index contributed by atoms with van der Waals surface area (Å²) >= 11 is 0. The monoisotopic (exact) mass is 474 g/mol. The first-order chi connectivity index (χ1) is 14.0. The van der Waals surface area contributed by atoms with Crippen molar-refractivity contribution < 1.29 is 41.0 Å². The molecule has 0 aromatic rings. The Kier molecular flexibility index (Phi) is 6.86. The molecule has 188 valence electrons. The Hall–Kier alpha value is -0.990. The van der Waals surface area contributed by atoms with Crippen LogP contribution in [0.25, 0.3) is 0 Å². The van der Waals surface area contributed by atoms with Crippen LogP contribution in [0.5, 0.6) is 0 Å². The van der Waals surface area contributed by atoms with Crippen LogP contribution in [0.2, 0.25) is 0 Å². The molecule has 32 heavy (non-hydrogen) atoms. The minimum absolute atomic E-state index is 0.114. The first-order valence-electron chi connectivity index (χ1n) is 11.1. The molecule has 0 amide bonds. The molecule has 2 bridgehead atoms. The summed E-state index contributed by atoms with van der Waals surface area (Å²) in [5.41, 5.74) is -6.33. The maximum Gasteiger partial charge on any atom is 0.426 e. The Bertz CT molecular complexity index is 686. The van der Waals surface area contributed by atoms with E-state index in [4.69, 9.17) is 4.74 Å². The molecule has 0 aliphatic heterocycles. The molecule has 2 fully saturated rings. The Labute approximate surface area is 186 Å². The summed E-state index contributed by atoms with van der Waals surface area (Å²) < 4.78 is 85.0. The van der Waals surface area contributed by atoms with E-state index >= 15 is 0 Å². The summed E-state index contributed by atoms with van der Waals surface area (Å²) in [4.78, 5) is 13.3. The quantitative estimate of drug-likeness (QED) is 0.357. The van der Waals surface area contributed by atoms with Gasteiger partial charge in [-0.15, -0.1) is 0 Å². The average molecular weight is 475 g/mol. The normalized spacial score (nSPS) is 29.2. The second-order valence-electron chi connectivity index (χ2n) is 12.3. The van der Waals surface area contributed by atoms with Crippen molar-refractivity contribution in [3.63, 3.8) is 0 Å². The molecule has 5 unspecified atom stereocenters. The Balaban J connectivity index is 2.23. The van der Waals surface area contributed by atoms with Crippen molar-refractivity contribution in [1.82, 2.24) is 0 Å². The van der Waals surface area contributed by atoms with Gasteiger partial charge in [0.1, 0.15) is 6.10 Å². The first-order valence-corrected chi connectivity index (χ1v) is 11.1. The zero-order chi connectivity index (χ0) is 25.1. The first kappa shape index (κ1) is 27.3. The van der Waals surface area contributed by atoms with Gasteiger partial charge in [0, 0.05) is 0 Å². The third kappa shape index (κ3) is 5.07. The number of carbonyl (C=O) groups is 1. The number of hydrogen-bond donors (Lipinski definition) is 1. The fourth-order valence-corrected chi connectivity index (χ4v) is 5.54. The number of carbonyl (C=O) groups excluding carboxylic acids is 1. The lowest BCUT2D eigenvalue weighted by Crippen LogP contribution is -2.58. The van der Waals surface area contributed by atoms with Gasteiger partial charge in [0.05, 0.1) is 5.41 Å². The van der Waals surface area contributed by atoms with E-state index in [9.17, 15) is 36.2 Å². The highest BCUT2D eigenvalue weighted by atomic mass is 19.4. The number of ether oxygens (including phenoxy) is 1. The maximum absolute atomic E-state index is 13.3. The van der Waals surface area contributed by atoms with E-state index in [-0.39, 0.29) is 17.8 Å². The van der Waals surface area contributed by atoms with E-state index in [0.717, 1.165) is 0 Å². The van der Waals surface area contributed by atoms with Crippen molar-refractivity contribution in [2.24, 2.45) is 34.0 Å². The second-order valence-corrected chi connectivity index (χ2v) is 12.3. The van der Waals surface area contributed by atoms with Crippen LogP contribution >= 0.6 is 0 Å². The number of halogens is 6. The number of esters is 1. The highest BCUT2D eigenvalue weighted by molar-refractivity contribution is 5.77. The van der Waals surface area contributed by atoms with E-state index < -0.39 is 59.1 Å². The van der Waals surface area contributed by atoms with Crippen molar-refractivity contribution in [2.45, 2.75) is 105 Å². The standard InChI is InChI=1S/C23H36F6O3/c1-18(2,3)12-20(7,19(4,5)6)17(30)32-16-10-13-8-14(15(16)9-13)11-21(31,22(24,25)26)23(27,28)29/h13-16,31H,8-12H2,1-7H3. The zero-order valence-electron chi connectivity index (χ0n) is 19.9. The van der Waals surface area contributed by atoms with Crippen LogP contribution in [-0.4, -0.2) is 35.1 Å². The maximum atomic E-state index is 13.3. The van der Waals surface area contributed by atoms with Gasteiger partial charge in [-0.25, -0.2) is 0 Å². The molecule has 1 N–H and O–H groups in total. The van der Waals surface area contributed by atoms with E-state index in [2.05, 4.69) is 0 Å². The van der Waals surface area contributed by atoms with Crippen LogP contribution in [0.1, 0.15) is 80.6 Å². The third-order valence-corrected chi connectivity index (χ3v) is 7.63. The molecule has 5 atom stereocenters. The number of aliphatic hydroxyl groups is 1. The fourth-order valence-electron chi connectivity index (χ4n) is 5.54. The SMILES string of the molecule is CC(C)(C)CC(C)(C(=O)OC1CC2CC(CC(O)(C(F)(F)F)C(F)(F)F)C1C2)C(C)(C)C. The lowest BCUT2D eigenvalue weighted by atomic mass is 9.61. The fraction of sp³-hybridized carbons (Fsp3) is 0.957. The van der Waals surface area contributed by atoms with Gasteiger partial charge in [0.25, 0.3) is 5.60 Å². The van der Waals surface area contributed by atoms with Gasteiger partial charge in [0.2, 0.25) is 0 Å². The summed E-state index contributed by atoms with van der Waals surface area (Å²) in [6.45, 7) is 13.5. The molecule has 0 spiro atoms. The molecule has 0 aromatic heterocycles. The topological polar surface area (TPSA) is 46.5 Å². The molecular formula is C23H36F6O3. The van der Waals surface area contributed by atoms with Crippen molar-refractivity contribution in [1.29, 1.82) is 0 Å². The molecular weight excluding hydrogens is 438 g/mol. The lowest BCUT2D eigenvalue weighted by Gasteiger charge is -2.45. The van der Waals surface area contributed by atoms with Crippen LogP contribution in [0.15, 0.2) is 0 Å². The lowest BCUT2D eigenvalue weighted by molar-refractivity contribution is -0.373. The number of rotatable bonds is 5. The summed E-state index contributed by atoms with van der Waals surface area (Å²) in [6, 6.07) is 0. The molecule has 2 rings (SSSR count). The van der Waals surface area contributed by atoms with E-state index in [1.54, 1.807) is 6.92 Å². The van der Waals surface area contributed by atoms with Crippen LogP contribution in [0.3, 0.4) is 0 Å². The van der Waals surface area contributed by atoms with E-state index in [1.165, 1.54) is 0 Å². The molecule has 3 nitrogen and oxygen atoms in total. The number of alkyl halides is 6. The number of fused-ring (bicyclic) bond motifs is 2. The van der Waals surface area contributed by atoms with Crippen LogP contribution in [0, 0.1) is 34.0 Å². The minimum Gasteiger partial charge on any atom is -0.462 e. The molecule has 2 aliphatic rings. The summed E-state index contributed by atoms with van der Waals surface area (Å²) in [5.74, 6) is -2.24. The Morgan fingerprint density at radius 2 is 1.38 bits per heavy atom. The Morgan fingerprint density at radius 3 is 1.75 bits per heavy atom. The smallest absolute Gasteiger partial charge is 0.426 e. The molecule has 9 heteroatoms.